The van der Waals surface area contributed by atoms with Gasteiger partial charge in [0.2, 0.25) is 0 Å². The van der Waals surface area contributed by atoms with Crippen LogP contribution in [-0.2, 0) is 14.4 Å². The highest BCUT2D eigenvalue weighted by atomic mass is 16.4. The molecule has 4 atom stereocenters. The number of phenolic OH excluding ortho intramolecular Hbond substituents is 1. The van der Waals surface area contributed by atoms with Gasteiger partial charge in [0.15, 0.2) is 0 Å². The van der Waals surface area contributed by atoms with E-state index in [1.165, 1.54) is 12.1 Å². The van der Waals surface area contributed by atoms with E-state index in [-0.39, 0.29) is 18.0 Å². The van der Waals surface area contributed by atoms with Crippen LogP contribution in [0, 0.1) is 11.8 Å². The molecule has 20 heavy (non-hydrogen) atoms. The monoisotopic (exact) mass is 276 g/mol. The number of aliphatic carboxylic acids is 2. The van der Waals surface area contributed by atoms with E-state index < -0.39 is 35.6 Å². The summed E-state index contributed by atoms with van der Waals surface area (Å²) in [6, 6.07) is 4.39. The molecule has 1 aromatic carbocycles. The summed E-state index contributed by atoms with van der Waals surface area (Å²) >= 11 is 0. The second-order valence-electron chi connectivity index (χ2n) is 5.30. The molecule has 0 heterocycles. The van der Waals surface area contributed by atoms with Crippen molar-refractivity contribution in [2.45, 2.75) is 18.3 Å². The van der Waals surface area contributed by atoms with E-state index >= 15 is 0 Å². The number of phenols is 1. The first-order valence-electron chi connectivity index (χ1n) is 6.23. The average molecular weight is 276 g/mol. The SMILES string of the molecule is O=C1CC2c3ccc(O)cc3C1C(C(=O)O)C2C(=O)O. The molecule has 1 fully saturated rings. The van der Waals surface area contributed by atoms with E-state index in [1.54, 1.807) is 6.07 Å². The van der Waals surface area contributed by atoms with Gasteiger partial charge in [0.25, 0.3) is 0 Å². The maximum atomic E-state index is 12.1. The van der Waals surface area contributed by atoms with Crippen LogP contribution in [0.4, 0.5) is 0 Å². The predicted octanol–water partition coefficient (Wildman–Crippen LogP) is 0.947. The molecule has 3 aliphatic carbocycles. The molecule has 104 valence electrons. The van der Waals surface area contributed by atoms with Crippen LogP contribution < -0.4 is 0 Å². The third-order valence-corrected chi connectivity index (χ3v) is 4.32. The minimum Gasteiger partial charge on any atom is -0.508 e. The summed E-state index contributed by atoms with van der Waals surface area (Å²) in [6.07, 6.45) is 0.0448. The van der Waals surface area contributed by atoms with E-state index in [1.807, 2.05) is 0 Å². The first-order valence-corrected chi connectivity index (χ1v) is 6.23. The van der Waals surface area contributed by atoms with Crippen molar-refractivity contribution in [1.82, 2.24) is 0 Å². The number of benzene rings is 1. The summed E-state index contributed by atoms with van der Waals surface area (Å²) in [5.74, 6) is -6.80. The second-order valence-corrected chi connectivity index (χ2v) is 5.30. The van der Waals surface area contributed by atoms with Crippen LogP contribution in [0.3, 0.4) is 0 Å². The highest BCUT2D eigenvalue weighted by Crippen LogP contribution is 2.54. The van der Waals surface area contributed by atoms with E-state index in [2.05, 4.69) is 0 Å². The lowest BCUT2D eigenvalue weighted by atomic mass is 9.55. The number of carboxylic acids is 2. The van der Waals surface area contributed by atoms with Crippen LogP contribution >= 0.6 is 0 Å². The summed E-state index contributed by atoms with van der Waals surface area (Å²) in [5, 5.41) is 28.2. The molecule has 0 spiro atoms. The number of fused-ring (bicyclic) bond motifs is 2. The van der Waals surface area contributed by atoms with Crippen LogP contribution in [0.1, 0.15) is 29.4 Å². The Morgan fingerprint density at radius 1 is 1.05 bits per heavy atom. The van der Waals surface area contributed by atoms with Gasteiger partial charge in [0, 0.05) is 12.3 Å². The summed E-state index contributed by atoms with van der Waals surface area (Å²) in [5.41, 5.74) is 1.12. The molecule has 0 amide bonds. The number of hydrogen-bond acceptors (Lipinski definition) is 4. The van der Waals surface area contributed by atoms with Crippen LogP contribution in [0.5, 0.6) is 5.75 Å². The van der Waals surface area contributed by atoms with Gasteiger partial charge in [-0.15, -0.1) is 0 Å². The molecular formula is C14H12O6. The van der Waals surface area contributed by atoms with Crippen LogP contribution in [0.25, 0.3) is 0 Å². The Morgan fingerprint density at radius 2 is 1.70 bits per heavy atom. The average Bonchev–Trinajstić information content (AvgIpc) is 2.36. The molecule has 3 aliphatic rings. The second kappa shape index (κ2) is 4.06. The molecule has 0 saturated heterocycles. The largest absolute Gasteiger partial charge is 0.508 e. The Kier molecular flexibility index (Phi) is 2.57. The number of hydrogen-bond donors (Lipinski definition) is 3. The van der Waals surface area contributed by atoms with Gasteiger partial charge in [-0.1, -0.05) is 6.07 Å². The van der Waals surface area contributed by atoms with Gasteiger partial charge in [-0.05, 0) is 23.3 Å². The lowest BCUT2D eigenvalue weighted by molar-refractivity contribution is -0.160. The van der Waals surface area contributed by atoms with Gasteiger partial charge in [-0.25, -0.2) is 0 Å². The van der Waals surface area contributed by atoms with Crippen LogP contribution in [0.2, 0.25) is 0 Å². The Hall–Kier alpha value is -2.37. The third-order valence-electron chi connectivity index (χ3n) is 4.32. The highest BCUT2D eigenvalue weighted by molar-refractivity contribution is 5.98. The van der Waals surface area contributed by atoms with Crippen molar-refractivity contribution < 1.29 is 29.7 Å². The molecule has 1 saturated carbocycles. The van der Waals surface area contributed by atoms with Crippen molar-refractivity contribution in [1.29, 1.82) is 0 Å². The fourth-order valence-corrected chi connectivity index (χ4v) is 3.59. The molecule has 0 radical (unpaired) electrons. The molecule has 4 unspecified atom stereocenters. The quantitative estimate of drug-likeness (QED) is 0.741. The van der Waals surface area contributed by atoms with E-state index in [0.29, 0.717) is 11.1 Å². The lowest BCUT2D eigenvalue weighted by Crippen LogP contribution is -2.49. The predicted molar refractivity (Wildman–Crippen MR) is 65.5 cm³/mol. The van der Waals surface area contributed by atoms with Crippen molar-refractivity contribution in [3.05, 3.63) is 29.3 Å². The fraction of sp³-hybridized carbons (Fsp3) is 0.357. The Morgan fingerprint density at radius 3 is 2.30 bits per heavy atom. The fourth-order valence-electron chi connectivity index (χ4n) is 3.59. The topological polar surface area (TPSA) is 112 Å². The van der Waals surface area contributed by atoms with E-state index in [4.69, 9.17) is 0 Å². The zero-order valence-electron chi connectivity index (χ0n) is 10.3. The summed E-state index contributed by atoms with van der Waals surface area (Å²) in [6.45, 7) is 0. The van der Waals surface area contributed by atoms with Crippen LogP contribution in [0.15, 0.2) is 18.2 Å². The number of carbonyl (C=O) groups excluding carboxylic acids is 1. The molecule has 1 aromatic rings. The number of aromatic hydroxyl groups is 1. The van der Waals surface area contributed by atoms with Gasteiger partial charge in [-0.3, -0.25) is 14.4 Å². The molecule has 0 aromatic heterocycles. The van der Waals surface area contributed by atoms with Crippen molar-refractivity contribution in [3.8, 4) is 5.75 Å². The highest BCUT2D eigenvalue weighted by Gasteiger charge is 2.56. The van der Waals surface area contributed by atoms with Crippen molar-refractivity contribution >= 4 is 17.7 Å². The van der Waals surface area contributed by atoms with Crippen molar-refractivity contribution in [3.63, 3.8) is 0 Å². The van der Waals surface area contributed by atoms with Gasteiger partial charge in [-0.2, -0.15) is 0 Å². The smallest absolute Gasteiger partial charge is 0.308 e. The molecular weight excluding hydrogens is 264 g/mol. The molecule has 6 nitrogen and oxygen atoms in total. The number of ketones is 1. The van der Waals surface area contributed by atoms with Gasteiger partial charge >= 0.3 is 11.9 Å². The van der Waals surface area contributed by atoms with Gasteiger partial charge in [0.05, 0.1) is 17.8 Å². The molecule has 0 aliphatic heterocycles. The van der Waals surface area contributed by atoms with Gasteiger partial charge in [0.1, 0.15) is 11.5 Å². The van der Waals surface area contributed by atoms with Crippen molar-refractivity contribution in [2.75, 3.05) is 0 Å². The minimum absolute atomic E-state index is 0.0448. The molecule has 2 bridgehead atoms. The molecule has 4 rings (SSSR count). The molecule has 6 heteroatoms. The minimum atomic E-state index is -1.28. The Bertz CT molecular complexity index is 635. The normalized spacial score (nSPS) is 30.9. The Labute approximate surface area is 113 Å². The van der Waals surface area contributed by atoms with E-state index in [9.17, 15) is 29.7 Å². The van der Waals surface area contributed by atoms with Gasteiger partial charge < -0.3 is 15.3 Å². The van der Waals surface area contributed by atoms with E-state index in [0.717, 1.165) is 0 Å². The number of carbonyl (C=O) groups is 3. The summed E-state index contributed by atoms with van der Waals surface area (Å²) in [4.78, 5) is 34.9. The number of carboxylic acid groups (broad SMARTS) is 2. The first kappa shape index (κ1) is 12.7. The summed E-state index contributed by atoms with van der Waals surface area (Å²) < 4.78 is 0. The zero-order valence-corrected chi connectivity index (χ0v) is 10.3. The zero-order chi connectivity index (χ0) is 14.6. The maximum absolute atomic E-state index is 12.1. The standard InChI is InChI=1S/C14H12O6/c15-5-1-2-6-7(3-5)10-9(16)4-8(6)11(13(17)18)12(10)14(19)20/h1-3,8,10-12,15H,4H2,(H,17,18)(H,19,20). The van der Waals surface area contributed by atoms with Crippen molar-refractivity contribution in [2.24, 2.45) is 11.8 Å². The maximum Gasteiger partial charge on any atom is 0.308 e. The summed E-state index contributed by atoms with van der Waals surface area (Å²) in [7, 11) is 0. The Balaban J connectivity index is 2.24. The first-order chi connectivity index (χ1) is 9.41. The van der Waals surface area contributed by atoms with Crippen LogP contribution in [-0.4, -0.2) is 33.0 Å². The number of rotatable bonds is 2. The third kappa shape index (κ3) is 1.54. The lowest BCUT2D eigenvalue weighted by Gasteiger charge is -2.45. The number of Topliss-reactive ketones (excluding diaryl/α,β-unsaturated/α-hetero) is 1. The molecule has 3 N–H and O–H groups in total.